The Balaban J connectivity index is 1.62. The molecule has 3 rings (SSSR count). The minimum Gasteiger partial charge on any atom is -0.0553 e. The number of amides is 1. The van der Waals surface area contributed by atoms with Crippen LogP contribution >= 0.6 is 11.8 Å². The topological polar surface area (TPSA) is 101 Å². The molecule has 1 unspecified atom stereocenters. The molecule has 1 atom stereocenters. The fourth-order valence-corrected chi connectivity index (χ4v) is 5.41. The van der Waals surface area contributed by atoms with Crippen molar-refractivity contribution in [1.29, 1.82) is 5.26 Å². The summed E-state index contributed by atoms with van der Waals surface area (Å²) < 4.78 is 14.8. The minimum absolute atomic E-state index is 0.0405. The van der Waals surface area contributed by atoms with Gasteiger partial charge in [0.25, 0.3) is 0 Å². The van der Waals surface area contributed by atoms with Gasteiger partial charge in [0.05, 0.1) is 7.11 Å². The molecular formula is C25H23IN3O4S-. The Hall–Kier alpha value is -3.10. The number of benzene rings is 2. The van der Waals surface area contributed by atoms with Crippen LogP contribution in [0.5, 0.6) is 5.75 Å². The number of methoxy groups -OCH3 is 1. The summed E-state index contributed by atoms with van der Waals surface area (Å²) in [6.45, 7) is 0.377. The molecule has 2 aromatic rings. The molecule has 0 radical (unpaired) electrons. The normalized spacial score (nSPS) is 13.5. The summed E-state index contributed by atoms with van der Waals surface area (Å²) in [7, 11) is 1.61. The number of thioether (sulfide) groups is 1. The van der Waals surface area contributed by atoms with Crippen LogP contribution in [-0.4, -0.2) is 37.5 Å². The smallest absolute Gasteiger partial charge is 0.0197 e. The summed E-state index contributed by atoms with van der Waals surface area (Å²) in [6.07, 6.45) is 3.10. The van der Waals surface area contributed by atoms with E-state index in [2.05, 4.69) is 14.4 Å². The van der Waals surface area contributed by atoms with E-state index >= 15 is 0 Å². The number of esters is 1. The van der Waals surface area contributed by atoms with Crippen LogP contribution in [0.2, 0.25) is 0 Å². The number of nitrogens with one attached hydrogen (secondary N) is 1. The van der Waals surface area contributed by atoms with Crippen molar-refractivity contribution in [2.75, 3.05) is 19.4 Å². The summed E-state index contributed by atoms with van der Waals surface area (Å²) in [5, 5.41) is 12.7. The van der Waals surface area contributed by atoms with E-state index < -0.39 is 18.0 Å². The molecule has 0 saturated heterocycles. The Bertz CT molecular complexity index is 1120. The number of allylic oxidation sites excluding steroid dienone is 1. The molecule has 0 fully saturated rings. The van der Waals surface area contributed by atoms with Crippen LogP contribution < -0.4 is 31.3 Å². The molecule has 1 N–H and O–H groups in total. The molecule has 1 aliphatic heterocycles. The van der Waals surface area contributed by atoms with Crippen molar-refractivity contribution in [2.45, 2.75) is 12.5 Å². The Morgan fingerprint density at radius 3 is 2.65 bits per heavy atom. The number of carbonyl (C=O) groups is 2. The third kappa shape index (κ3) is 8.04. The van der Waals surface area contributed by atoms with E-state index in [-0.39, 0.29) is 27.0 Å². The molecule has 9 heteroatoms. The number of aliphatic imine (C=N–C) groups is 1. The van der Waals surface area contributed by atoms with Gasteiger partial charge < -0.3 is 4.74 Å². The van der Waals surface area contributed by atoms with E-state index in [9.17, 15) is 9.59 Å². The van der Waals surface area contributed by atoms with Gasteiger partial charge in [0.2, 0.25) is 0 Å². The average molecular weight is 588 g/mol. The third-order valence-corrected chi connectivity index (χ3v) is 7.73. The van der Waals surface area contributed by atoms with Crippen molar-refractivity contribution < 1.29 is 40.3 Å². The SMILES string of the molecule is COc1ccc(CCNC(=O)C(OC(=O)CSC2=C[I-]C=CC=N2)c2ccc(C#N)cc2)cc1. The minimum atomic E-state index is -1.11. The van der Waals surface area contributed by atoms with Gasteiger partial charge in [-0.1, -0.05) is 12.1 Å². The van der Waals surface area contributed by atoms with E-state index in [1.807, 2.05) is 40.5 Å². The first-order valence-electron chi connectivity index (χ1n) is 10.3. The van der Waals surface area contributed by atoms with Crippen LogP contribution in [0.4, 0.5) is 0 Å². The van der Waals surface area contributed by atoms with Crippen molar-refractivity contribution in [3.63, 3.8) is 0 Å². The van der Waals surface area contributed by atoms with Crippen molar-refractivity contribution in [2.24, 2.45) is 4.99 Å². The molecule has 0 aromatic heterocycles. The number of hydrogen-bond acceptors (Lipinski definition) is 7. The van der Waals surface area contributed by atoms with E-state index in [0.29, 0.717) is 24.1 Å². The molecule has 34 heavy (non-hydrogen) atoms. The maximum atomic E-state index is 13.0. The van der Waals surface area contributed by atoms with Crippen molar-refractivity contribution in [1.82, 2.24) is 5.32 Å². The number of ether oxygens (including phenoxy) is 2. The molecule has 7 nitrogen and oxygen atoms in total. The summed E-state index contributed by atoms with van der Waals surface area (Å²) >= 11 is 1.06. The van der Waals surface area contributed by atoms with Crippen molar-refractivity contribution in [3.8, 4) is 11.8 Å². The van der Waals surface area contributed by atoms with Gasteiger partial charge in [-0.05, 0) is 12.1 Å². The van der Waals surface area contributed by atoms with E-state index in [4.69, 9.17) is 14.7 Å². The standard InChI is InChI=1S/C25H23IN3O4S/c1-32-21-9-5-18(6-10-21)11-14-29-25(31)24(20-7-3-19(16-27)4-8-20)33-23(30)17-34-22-15-26-12-2-13-28-22/h2-10,12-13,15,24H,11,14,17H2,1H3,(H,29,31)/q-1. The quantitative estimate of drug-likeness (QED) is 0.325. The monoisotopic (exact) mass is 588 g/mol. The van der Waals surface area contributed by atoms with Crippen molar-refractivity contribution >= 4 is 29.9 Å². The summed E-state index contributed by atoms with van der Waals surface area (Å²) in [4.78, 5) is 29.8. The predicted molar refractivity (Wildman–Crippen MR) is 128 cm³/mol. The second-order valence-corrected chi connectivity index (χ2v) is 10.0. The fourth-order valence-electron chi connectivity index (χ4n) is 2.90. The second kappa shape index (κ2) is 13.6. The number of nitrogens with zero attached hydrogens (tertiary/aromatic N) is 2. The van der Waals surface area contributed by atoms with Gasteiger partial charge in [-0.15, -0.1) is 0 Å². The van der Waals surface area contributed by atoms with Crippen LogP contribution in [0.15, 0.2) is 72.8 Å². The van der Waals surface area contributed by atoms with Crippen LogP contribution in [0.25, 0.3) is 0 Å². The van der Waals surface area contributed by atoms with Gasteiger partial charge in [-0.2, -0.15) is 5.26 Å². The zero-order chi connectivity index (χ0) is 24.2. The van der Waals surface area contributed by atoms with Crippen molar-refractivity contribution in [3.05, 3.63) is 84.5 Å². The average Bonchev–Trinajstić information content (AvgIpc) is 3.15. The molecule has 2 aromatic carbocycles. The first kappa shape index (κ1) is 25.5. The second-order valence-electron chi connectivity index (χ2n) is 6.95. The molecule has 1 aliphatic rings. The zero-order valence-electron chi connectivity index (χ0n) is 18.4. The zero-order valence-corrected chi connectivity index (χ0v) is 21.4. The van der Waals surface area contributed by atoms with Gasteiger partial charge in [0.1, 0.15) is 5.75 Å². The van der Waals surface area contributed by atoms with Gasteiger partial charge >= 0.3 is 167 Å². The predicted octanol–water partition coefficient (Wildman–Crippen LogP) is 0.729. The largest absolute Gasteiger partial charge is 0.0553 e. The van der Waals surface area contributed by atoms with Gasteiger partial charge in [0.15, 0.2) is 0 Å². The summed E-state index contributed by atoms with van der Waals surface area (Å²) in [5.74, 6) is -0.130. The van der Waals surface area contributed by atoms with E-state index in [1.54, 1.807) is 37.6 Å². The summed E-state index contributed by atoms with van der Waals surface area (Å²) in [5.41, 5.74) is 2.00. The number of halogens is 1. The van der Waals surface area contributed by atoms with Crippen LogP contribution in [-0.2, 0) is 20.7 Å². The van der Waals surface area contributed by atoms with Gasteiger partial charge in [-0.3, -0.25) is 0 Å². The molecule has 0 spiro atoms. The summed E-state index contributed by atoms with van der Waals surface area (Å²) in [6, 6.07) is 16.1. The van der Waals surface area contributed by atoms with E-state index in [0.717, 1.165) is 16.3 Å². The molecule has 0 bridgehead atoms. The molecule has 0 saturated carbocycles. The number of carbonyl (C=O) groups excluding carboxylic acids is 2. The molecule has 1 heterocycles. The van der Waals surface area contributed by atoms with Crippen LogP contribution in [0, 0.1) is 11.3 Å². The Morgan fingerprint density at radius 1 is 1.18 bits per heavy atom. The van der Waals surface area contributed by atoms with Crippen LogP contribution in [0.1, 0.15) is 22.8 Å². The third-order valence-electron chi connectivity index (χ3n) is 4.63. The first-order chi connectivity index (χ1) is 16.6. The Labute approximate surface area is 213 Å². The number of rotatable bonds is 10. The van der Waals surface area contributed by atoms with E-state index in [1.165, 1.54) is 11.8 Å². The maximum absolute atomic E-state index is 13.0. The maximum Gasteiger partial charge on any atom is -0.0197 e. The molecule has 1 amide bonds. The first-order valence-corrected chi connectivity index (χ1v) is 13.8. The Morgan fingerprint density at radius 2 is 1.94 bits per heavy atom. The Kier molecular flexibility index (Phi) is 10.2. The molecule has 0 aliphatic carbocycles. The fraction of sp³-hybridized carbons (Fsp3) is 0.200. The number of nitriles is 1. The van der Waals surface area contributed by atoms with Gasteiger partial charge in [-0.25, -0.2) is 0 Å². The molecule has 176 valence electrons. The molecular weight excluding hydrogens is 565 g/mol. The van der Waals surface area contributed by atoms with Gasteiger partial charge in [0, 0.05) is 0 Å². The number of hydrogen-bond donors (Lipinski definition) is 1. The van der Waals surface area contributed by atoms with Crippen LogP contribution in [0.3, 0.4) is 0 Å².